The van der Waals surface area contributed by atoms with E-state index in [9.17, 15) is 0 Å². The van der Waals surface area contributed by atoms with Gasteiger partial charge in [0, 0.05) is 9.35 Å². The van der Waals surface area contributed by atoms with E-state index in [1.165, 1.54) is 17.7 Å². The van der Waals surface area contributed by atoms with Gasteiger partial charge in [0.25, 0.3) is 0 Å². The Morgan fingerprint density at radius 2 is 2.00 bits per heavy atom. The smallest absolute Gasteiger partial charge is 0.0843 e. The second-order valence-corrected chi connectivity index (χ2v) is 7.16. The summed E-state index contributed by atoms with van der Waals surface area (Å²) in [5, 5.41) is 0. The van der Waals surface area contributed by atoms with E-state index in [1.807, 2.05) is 0 Å². The fourth-order valence-corrected chi connectivity index (χ4v) is 3.92. The number of thiophene rings is 1. The molecule has 0 aliphatic rings. The summed E-state index contributed by atoms with van der Waals surface area (Å²) in [5.74, 6) is 6.38. The molecular formula is C11H18Br2N2S. The lowest BCUT2D eigenvalue weighted by molar-refractivity contribution is 0.378. The molecular weight excluding hydrogens is 352 g/mol. The molecule has 0 saturated heterocycles. The van der Waals surface area contributed by atoms with E-state index in [0.29, 0.717) is 0 Å². The molecule has 1 aromatic heterocycles. The van der Waals surface area contributed by atoms with Crippen molar-refractivity contribution in [3.05, 3.63) is 19.2 Å². The number of rotatable bonds is 6. The summed E-state index contributed by atoms with van der Waals surface area (Å²) < 4.78 is 2.24. The maximum absolute atomic E-state index is 5.65. The first-order valence-corrected chi connectivity index (χ1v) is 7.93. The predicted molar refractivity (Wildman–Crippen MR) is 78.5 cm³/mol. The minimum Gasteiger partial charge on any atom is -0.271 e. The van der Waals surface area contributed by atoms with Gasteiger partial charge >= 0.3 is 0 Å². The topological polar surface area (TPSA) is 38.0 Å². The number of hydrazine groups is 1. The summed E-state index contributed by atoms with van der Waals surface area (Å²) in [5.41, 5.74) is 2.93. The van der Waals surface area contributed by atoms with E-state index in [-0.39, 0.29) is 6.04 Å². The number of hydrogen-bond acceptors (Lipinski definition) is 3. The van der Waals surface area contributed by atoms with Crippen LogP contribution in [0.4, 0.5) is 0 Å². The third-order valence-electron chi connectivity index (χ3n) is 2.93. The van der Waals surface area contributed by atoms with Crippen LogP contribution in [-0.4, -0.2) is 0 Å². The highest BCUT2D eigenvalue weighted by Crippen LogP contribution is 2.37. The molecule has 0 saturated carbocycles. The summed E-state index contributed by atoms with van der Waals surface area (Å²) in [7, 11) is 0. The molecule has 0 fully saturated rings. The van der Waals surface area contributed by atoms with E-state index in [0.717, 1.165) is 20.6 Å². The maximum atomic E-state index is 5.65. The van der Waals surface area contributed by atoms with E-state index in [4.69, 9.17) is 5.84 Å². The number of halogens is 2. The average molecular weight is 370 g/mol. The Hall–Kier alpha value is 0.580. The molecule has 1 atom stereocenters. The van der Waals surface area contributed by atoms with E-state index in [2.05, 4.69) is 57.2 Å². The Labute approximate surface area is 118 Å². The molecule has 0 spiro atoms. The maximum Gasteiger partial charge on any atom is 0.0843 e. The van der Waals surface area contributed by atoms with Gasteiger partial charge in [0.05, 0.1) is 9.83 Å². The molecule has 0 amide bonds. The van der Waals surface area contributed by atoms with Gasteiger partial charge in [0.1, 0.15) is 0 Å². The molecule has 1 rings (SSSR count). The first kappa shape index (κ1) is 14.6. The van der Waals surface area contributed by atoms with Crippen molar-refractivity contribution < 1.29 is 0 Å². The molecule has 0 radical (unpaired) electrons. The fraction of sp³-hybridized carbons (Fsp3) is 0.636. The van der Waals surface area contributed by atoms with Crippen molar-refractivity contribution in [2.24, 2.45) is 11.8 Å². The largest absolute Gasteiger partial charge is 0.271 e. The van der Waals surface area contributed by atoms with Crippen molar-refractivity contribution in [1.29, 1.82) is 0 Å². The zero-order chi connectivity index (χ0) is 12.1. The van der Waals surface area contributed by atoms with Crippen LogP contribution >= 0.6 is 43.2 Å². The lowest BCUT2D eigenvalue weighted by Gasteiger charge is -2.20. The van der Waals surface area contributed by atoms with E-state index >= 15 is 0 Å². The number of nitrogens with two attached hydrogens (primary N) is 1. The van der Waals surface area contributed by atoms with Gasteiger partial charge in [-0.2, -0.15) is 0 Å². The number of nitrogens with one attached hydrogen (secondary N) is 1. The third kappa shape index (κ3) is 3.81. The minimum absolute atomic E-state index is 0.262. The van der Waals surface area contributed by atoms with Crippen molar-refractivity contribution in [2.75, 3.05) is 0 Å². The second kappa shape index (κ2) is 7.11. The molecule has 0 aromatic carbocycles. The van der Waals surface area contributed by atoms with Crippen LogP contribution in [0.1, 0.15) is 44.0 Å². The van der Waals surface area contributed by atoms with E-state index in [1.54, 1.807) is 11.3 Å². The SMILES string of the molecule is CCC(CC)CC(NN)c1cc(Br)c(Br)s1. The first-order chi connectivity index (χ1) is 7.62. The lowest BCUT2D eigenvalue weighted by atomic mass is 9.94. The summed E-state index contributed by atoms with van der Waals surface area (Å²) >= 11 is 8.76. The average Bonchev–Trinajstić information content (AvgIpc) is 2.61. The van der Waals surface area contributed by atoms with Gasteiger partial charge in [-0.25, -0.2) is 0 Å². The Kier molecular flexibility index (Phi) is 6.51. The van der Waals surface area contributed by atoms with Crippen molar-refractivity contribution in [2.45, 2.75) is 39.2 Å². The van der Waals surface area contributed by atoms with Crippen LogP contribution in [-0.2, 0) is 0 Å². The van der Waals surface area contributed by atoms with Crippen molar-refractivity contribution >= 4 is 43.2 Å². The van der Waals surface area contributed by atoms with Crippen molar-refractivity contribution in [3.63, 3.8) is 0 Å². The van der Waals surface area contributed by atoms with Crippen molar-refractivity contribution in [3.8, 4) is 0 Å². The molecule has 92 valence electrons. The Morgan fingerprint density at radius 1 is 1.38 bits per heavy atom. The van der Waals surface area contributed by atoms with Crippen LogP contribution in [0.3, 0.4) is 0 Å². The first-order valence-electron chi connectivity index (χ1n) is 5.53. The van der Waals surface area contributed by atoms with Crippen LogP contribution in [0, 0.1) is 5.92 Å². The van der Waals surface area contributed by atoms with Gasteiger partial charge < -0.3 is 0 Å². The molecule has 0 bridgehead atoms. The quantitative estimate of drug-likeness (QED) is 0.567. The monoisotopic (exact) mass is 368 g/mol. The summed E-state index contributed by atoms with van der Waals surface area (Å²) in [4.78, 5) is 1.29. The highest BCUT2D eigenvalue weighted by atomic mass is 79.9. The Bertz CT molecular complexity index is 304. The molecule has 0 aliphatic carbocycles. The second-order valence-electron chi connectivity index (χ2n) is 3.91. The zero-order valence-corrected chi connectivity index (χ0v) is 13.6. The lowest BCUT2D eigenvalue weighted by Crippen LogP contribution is -2.29. The van der Waals surface area contributed by atoms with Crippen LogP contribution in [0.25, 0.3) is 0 Å². The van der Waals surface area contributed by atoms with E-state index < -0.39 is 0 Å². The minimum atomic E-state index is 0.262. The van der Waals surface area contributed by atoms with Gasteiger partial charge in [-0.1, -0.05) is 26.7 Å². The van der Waals surface area contributed by atoms with Gasteiger partial charge in [-0.05, 0) is 50.3 Å². The third-order valence-corrected chi connectivity index (χ3v) is 6.30. The van der Waals surface area contributed by atoms with Gasteiger partial charge in [-0.15, -0.1) is 11.3 Å². The number of hydrogen-bond donors (Lipinski definition) is 2. The van der Waals surface area contributed by atoms with Gasteiger partial charge in [-0.3, -0.25) is 11.3 Å². The highest BCUT2D eigenvalue weighted by Gasteiger charge is 2.17. The van der Waals surface area contributed by atoms with Crippen LogP contribution in [0.5, 0.6) is 0 Å². The van der Waals surface area contributed by atoms with Crippen LogP contribution < -0.4 is 11.3 Å². The zero-order valence-electron chi connectivity index (χ0n) is 9.59. The molecule has 5 heteroatoms. The molecule has 1 unspecified atom stereocenters. The predicted octanol–water partition coefficient (Wildman–Crippen LogP) is 4.60. The molecule has 1 aromatic rings. The van der Waals surface area contributed by atoms with Crippen LogP contribution in [0.2, 0.25) is 0 Å². The molecule has 1 heterocycles. The standard InChI is InChI=1S/C11H18Br2N2S/c1-3-7(4-2)5-9(15-14)10-6-8(12)11(13)16-10/h6-7,9,15H,3-5,14H2,1-2H3. The normalized spacial score (nSPS) is 13.4. The summed E-state index contributed by atoms with van der Waals surface area (Å²) in [6.07, 6.45) is 3.52. The molecule has 16 heavy (non-hydrogen) atoms. The fourth-order valence-electron chi connectivity index (χ4n) is 1.76. The Balaban J connectivity index is 2.74. The molecule has 0 aliphatic heterocycles. The van der Waals surface area contributed by atoms with Crippen LogP contribution in [0.15, 0.2) is 14.3 Å². The molecule has 3 N–H and O–H groups in total. The summed E-state index contributed by atoms with van der Waals surface area (Å²) in [6.45, 7) is 4.48. The summed E-state index contributed by atoms with van der Waals surface area (Å²) in [6, 6.07) is 2.40. The highest BCUT2D eigenvalue weighted by molar-refractivity contribution is 9.13. The molecule has 2 nitrogen and oxygen atoms in total. The van der Waals surface area contributed by atoms with Gasteiger partial charge in [0.2, 0.25) is 0 Å². The van der Waals surface area contributed by atoms with Gasteiger partial charge in [0.15, 0.2) is 0 Å². The Morgan fingerprint density at radius 3 is 2.38 bits per heavy atom. The van der Waals surface area contributed by atoms with Crippen molar-refractivity contribution in [1.82, 2.24) is 5.43 Å².